The molecule has 10 heteroatoms. The predicted octanol–water partition coefficient (Wildman–Crippen LogP) is 5.65. The van der Waals surface area contributed by atoms with Crippen LogP contribution in [0.5, 0.6) is 5.88 Å². The van der Waals surface area contributed by atoms with Crippen LogP contribution in [-0.2, 0) is 6.18 Å². The molecular formula is C22H12ClF4N3O2. The van der Waals surface area contributed by atoms with Crippen molar-refractivity contribution in [3.63, 3.8) is 0 Å². The lowest BCUT2D eigenvalue weighted by molar-refractivity contribution is -0.137. The molecule has 0 fully saturated rings. The highest BCUT2D eigenvalue weighted by molar-refractivity contribution is 6.32. The third-order valence-corrected chi connectivity index (χ3v) is 4.94. The van der Waals surface area contributed by atoms with Gasteiger partial charge in [0.25, 0.3) is 5.56 Å². The second-order valence-electron chi connectivity index (χ2n) is 6.66. The standard InChI is InChI=1S/C22H12ClF4N3O2/c23-16-9-12(22(25,26)27)10-28-19(16)29-11-15-13-5-1-2-6-14(13)20(31)30(21(15)32)18-8-4-3-7-17(18)24/h1-11,32H. The van der Waals surface area contributed by atoms with Crippen LogP contribution in [0.3, 0.4) is 0 Å². The molecule has 0 spiro atoms. The molecule has 0 radical (unpaired) electrons. The quantitative estimate of drug-likeness (QED) is 0.316. The minimum atomic E-state index is -4.62. The number of pyridine rings is 2. The normalized spacial score (nSPS) is 12.0. The molecule has 4 aromatic rings. The molecule has 0 saturated carbocycles. The molecule has 2 aromatic carbocycles. The van der Waals surface area contributed by atoms with Crippen molar-refractivity contribution in [2.75, 3.05) is 0 Å². The summed E-state index contributed by atoms with van der Waals surface area (Å²) >= 11 is 5.89. The van der Waals surface area contributed by atoms with Crippen molar-refractivity contribution in [3.8, 4) is 11.6 Å². The zero-order chi connectivity index (χ0) is 23.0. The SMILES string of the molecule is O=c1c2ccccc2c(C=Nc2ncc(C(F)(F)F)cc2Cl)c(O)n1-c1ccccc1F. The fourth-order valence-corrected chi connectivity index (χ4v) is 3.37. The summed E-state index contributed by atoms with van der Waals surface area (Å²) in [5.74, 6) is -1.58. The molecule has 0 unspecified atom stereocenters. The third-order valence-electron chi connectivity index (χ3n) is 4.66. The molecule has 162 valence electrons. The van der Waals surface area contributed by atoms with Crippen LogP contribution in [0.1, 0.15) is 11.1 Å². The molecule has 2 aromatic heterocycles. The molecule has 2 heterocycles. The van der Waals surface area contributed by atoms with E-state index in [2.05, 4.69) is 9.98 Å². The number of halogens is 5. The van der Waals surface area contributed by atoms with Crippen LogP contribution in [-0.4, -0.2) is 20.9 Å². The van der Waals surface area contributed by atoms with E-state index in [0.29, 0.717) is 17.6 Å². The Labute approximate surface area is 182 Å². The fraction of sp³-hybridized carbons (Fsp3) is 0.0455. The van der Waals surface area contributed by atoms with Crippen LogP contribution < -0.4 is 5.56 Å². The van der Waals surface area contributed by atoms with Gasteiger partial charge in [-0.05, 0) is 24.3 Å². The van der Waals surface area contributed by atoms with Crippen molar-refractivity contribution in [1.29, 1.82) is 0 Å². The lowest BCUT2D eigenvalue weighted by Gasteiger charge is -2.14. The molecule has 4 rings (SSSR count). The summed E-state index contributed by atoms with van der Waals surface area (Å²) in [4.78, 5) is 20.6. The first-order chi connectivity index (χ1) is 15.2. The second kappa shape index (κ2) is 8.08. The second-order valence-corrected chi connectivity index (χ2v) is 7.07. The number of aromatic hydroxyl groups is 1. The van der Waals surface area contributed by atoms with E-state index in [0.717, 1.165) is 16.8 Å². The van der Waals surface area contributed by atoms with Gasteiger partial charge in [0.15, 0.2) is 5.82 Å². The molecule has 0 aliphatic heterocycles. The summed E-state index contributed by atoms with van der Waals surface area (Å²) in [5, 5.41) is 11.0. The monoisotopic (exact) mass is 461 g/mol. The zero-order valence-corrected chi connectivity index (χ0v) is 16.7. The topological polar surface area (TPSA) is 67.5 Å². The highest BCUT2D eigenvalue weighted by atomic mass is 35.5. The maximum atomic E-state index is 14.4. The Balaban J connectivity index is 1.92. The van der Waals surface area contributed by atoms with Gasteiger partial charge < -0.3 is 5.11 Å². The number of hydrogen-bond donors (Lipinski definition) is 1. The summed E-state index contributed by atoms with van der Waals surface area (Å²) in [6.45, 7) is 0. The van der Waals surface area contributed by atoms with Crippen molar-refractivity contribution < 1.29 is 22.7 Å². The van der Waals surface area contributed by atoms with E-state index in [1.54, 1.807) is 18.2 Å². The van der Waals surface area contributed by atoms with Gasteiger partial charge in [-0.3, -0.25) is 4.79 Å². The number of aromatic nitrogens is 2. The summed E-state index contributed by atoms with van der Waals surface area (Å²) in [7, 11) is 0. The maximum absolute atomic E-state index is 14.4. The lowest BCUT2D eigenvalue weighted by Crippen LogP contribution is -2.21. The Morgan fingerprint density at radius 3 is 2.38 bits per heavy atom. The molecular weight excluding hydrogens is 450 g/mol. The molecule has 0 aliphatic rings. The Morgan fingerprint density at radius 1 is 1.06 bits per heavy atom. The van der Waals surface area contributed by atoms with Gasteiger partial charge in [-0.25, -0.2) is 18.9 Å². The first-order valence-corrected chi connectivity index (χ1v) is 9.44. The molecule has 0 saturated heterocycles. The third kappa shape index (κ3) is 3.82. The van der Waals surface area contributed by atoms with Crippen molar-refractivity contribution in [2.45, 2.75) is 6.18 Å². The number of hydrogen-bond acceptors (Lipinski definition) is 4. The molecule has 5 nitrogen and oxygen atoms in total. The summed E-state index contributed by atoms with van der Waals surface area (Å²) < 4.78 is 53.6. The van der Waals surface area contributed by atoms with Gasteiger partial charge in [-0.1, -0.05) is 41.9 Å². The van der Waals surface area contributed by atoms with E-state index in [9.17, 15) is 27.5 Å². The summed E-state index contributed by atoms with van der Waals surface area (Å²) in [6, 6.07) is 12.3. The highest BCUT2D eigenvalue weighted by Gasteiger charge is 2.31. The minimum Gasteiger partial charge on any atom is -0.494 e. The van der Waals surface area contributed by atoms with Crippen LogP contribution >= 0.6 is 11.6 Å². The van der Waals surface area contributed by atoms with Crippen LogP contribution in [0.15, 0.2) is 70.6 Å². The Kier molecular flexibility index (Phi) is 5.43. The first-order valence-electron chi connectivity index (χ1n) is 9.07. The van der Waals surface area contributed by atoms with E-state index in [1.807, 2.05) is 0 Å². The highest BCUT2D eigenvalue weighted by Crippen LogP contribution is 2.33. The summed E-state index contributed by atoms with van der Waals surface area (Å²) in [5.41, 5.74) is -1.85. The zero-order valence-electron chi connectivity index (χ0n) is 15.9. The lowest BCUT2D eigenvalue weighted by atomic mass is 10.1. The number of para-hydroxylation sites is 1. The van der Waals surface area contributed by atoms with Gasteiger partial charge in [0.05, 0.1) is 21.8 Å². The maximum Gasteiger partial charge on any atom is 0.417 e. The molecule has 0 atom stereocenters. The molecule has 0 aliphatic carbocycles. The number of nitrogens with zero attached hydrogens (tertiary/aromatic N) is 3. The van der Waals surface area contributed by atoms with Crippen molar-refractivity contribution in [2.24, 2.45) is 4.99 Å². The fourth-order valence-electron chi connectivity index (χ4n) is 3.15. The number of rotatable bonds is 3. The van der Waals surface area contributed by atoms with E-state index >= 15 is 0 Å². The Hall–Kier alpha value is -3.72. The van der Waals surface area contributed by atoms with Gasteiger partial charge in [0, 0.05) is 23.2 Å². The average Bonchev–Trinajstić information content (AvgIpc) is 2.75. The van der Waals surface area contributed by atoms with Crippen molar-refractivity contribution >= 4 is 34.4 Å². The van der Waals surface area contributed by atoms with Crippen LogP contribution in [0.25, 0.3) is 16.5 Å². The smallest absolute Gasteiger partial charge is 0.417 e. The molecule has 32 heavy (non-hydrogen) atoms. The first kappa shape index (κ1) is 21.5. The molecule has 0 amide bonds. The summed E-state index contributed by atoms with van der Waals surface area (Å²) in [6.07, 6.45) is -2.94. The van der Waals surface area contributed by atoms with Crippen molar-refractivity contribution in [3.05, 3.63) is 93.1 Å². The minimum absolute atomic E-state index is 0.0289. The Bertz CT molecular complexity index is 1430. The van der Waals surface area contributed by atoms with Crippen molar-refractivity contribution in [1.82, 2.24) is 9.55 Å². The van der Waals surface area contributed by atoms with Gasteiger partial charge in [-0.2, -0.15) is 13.2 Å². The molecule has 0 bridgehead atoms. The van der Waals surface area contributed by atoms with E-state index in [-0.39, 0.29) is 27.5 Å². The number of fused-ring (bicyclic) bond motifs is 1. The Morgan fingerprint density at radius 2 is 1.72 bits per heavy atom. The van der Waals surface area contributed by atoms with Crippen LogP contribution in [0.4, 0.5) is 23.4 Å². The van der Waals surface area contributed by atoms with Gasteiger partial charge in [0.2, 0.25) is 5.88 Å². The van der Waals surface area contributed by atoms with E-state index in [1.165, 1.54) is 24.3 Å². The van der Waals surface area contributed by atoms with Crippen LogP contribution in [0, 0.1) is 5.82 Å². The molecule has 1 N–H and O–H groups in total. The predicted molar refractivity (Wildman–Crippen MR) is 113 cm³/mol. The number of aliphatic imine (C=N–C) groups is 1. The van der Waals surface area contributed by atoms with Gasteiger partial charge >= 0.3 is 6.18 Å². The number of alkyl halides is 3. The van der Waals surface area contributed by atoms with E-state index in [4.69, 9.17) is 11.6 Å². The number of benzene rings is 2. The largest absolute Gasteiger partial charge is 0.494 e. The van der Waals surface area contributed by atoms with Gasteiger partial charge in [-0.15, -0.1) is 0 Å². The van der Waals surface area contributed by atoms with Crippen LogP contribution in [0.2, 0.25) is 5.02 Å². The van der Waals surface area contributed by atoms with Gasteiger partial charge in [0.1, 0.15) is 5.82 Å². The average molecular weight is 462 g/mol. The van der Waals surface area contributed by atoms with E-state index < -0.39 is 29.0 Å².